The Morgan fingerprint density at radius 2 is 2.04 bits per heavy atom. The molecule has 6 nitrogen and oxygen atoms in total. The lowest BCUT2D eigenvalue weighted by molar-refractivity contribution is 0.378. The minimum atomic E-state index is 0.575. The lowest BCUT2D eigenvalue weighted by atomic mass is 10.2. The maximum Gasteiger partial charge on any atom is 0.228 e. The number of thioether (sulfide) groups is 1. The molecule has 1 aromatic heterocycles. The molecule has 0 aliphatic heterocycles. The van der Waals surface area contributed by atoms with Crippen molar-refractivity contribution in [3.8, 4) is 11.4 Å². The highest BCUT2D eigenvalue weighted by Gasteiger charge is 2.08. The maximum absolute atomic E-state index is 5.90. The number of aromatic nitrogens is 2. The van der Waals surface area contributed by atoms with E-state index in [9.17, 15) is 0 Å². The SMILES string of the molecule is CCNC(=NCCCCSC)NCCc1nc(-c2ccc(Cl)cc2)no1. The monoisotopic (exact) mass is 395 g/mol. The van der Waals surface area contributed by atoms with Crippen LogP contribution in [-0.2, 0) is 6.42 Å². The number of guanidine groups is 1. The molecule has 0 saturated heterocycles. The van der Waals surface area contributed by atoms with Crippen LogP contribution in [0.2, 0.25) is 5.02 Å². The van der Waals surface area contributed by atoms with E-state index in [0.29, 0.717) is 29.7 Å². The lowest BCUT2D eigenvalue weighted by Crippen LogP contribution is -2.38. The first kappa shape index (κ1) is 20.6. The zero-order valence-corrected chi connectivity index (χ0v) is 16.9. The number of halogens is 1. The van der Waals surface area contributed by atoms with Gasteiger partial charge in [0, 0.05) is 36.6 Å². The number of hydrogen-bond donors (Lipinski definition) is 2. The molecule has 8 heteroatoms. The van der Waals surface area contributed by atoms with E-state index in [4.69, 9.17) is 16.1 Å². The molecule has 0 atom stereocenters. The van der Waals surface area contributed by atoms with E-state index in [1.165, 1.54) is 12.2 Å². The van der Waals surface area contributed by atoms with Crippen molar-refractivity contribution < 1.29 is 4.52 Å². The van der Waals surface area contributed by atoms with Crippen molar-refractivity contribution in [1.82, 2.24) is 20.8 Å². The molecular weight excluding hydrogens is 370 g/mol. The van der Waals surface area contributed by atoms with Gasteiger partial charge in [0.05, 0.1) is 0 Å². The zero-order chi connectivity index (χ0) is 18.6. The fraction of sp³-hybridized carbons (Fsp3) is 0.500. The van der Waals surface area contributed by atoms with Gasteiger partial charge >= 0.3 is 0 Å². The topological polar surface area (TPSA) is 75.3 Å². The largest absolute Gasteiger partial charge is 0.357 e. The van der Waals surface area contributed by atoms with Gasteiger partial charge in [-0.3, -0.25) is 4.99 Å². The van der Waals surface area contributed by atoms with E-state index in [0.717, 1.165) is 31.0 Å². The molecule has 2 aromatic rings. The number of aliphatic imine (C=N–C) groups is 1. The molecule has 0 amide bonds. The molecule has 26 heavy (non-hydrogen) atoms. The van der Waals surface area contributed by atoms with Gasteiger partial charge < -0.3 is 15.2 Å². The second kappa shape index (κ2) is 11.8. The van der Waals surface area contributed by atoms with Crippen LogP contribution in [0.1, 0.15) is 25.7 Å². The summed E-state index contributed by atoms with van der Waals surface area (Å²) in [6.45, 7) is 4.40. The minimum absolute atomic E-state index is 0.575. The third-order valence-electron chi connectivity index (χ3n) is 3.57. The Morgan fingerprint density at radius 1 is 1.23 bits per heavy atom. The number of nitrogens with zero attached hydrogens (tertiary/aromatic N) is 3. The van der Waals surface area contributed by atoms with Gasteiger partial charge in [0.25, 0.3) is 0 Å². The van der Waals surface area contributed by atoms with Gasteiger partial charge in [-0.15, -0.1) is 0 Å². The maximum atomic E-state index is 5.90. The summed E-state index contributed by atoms with van der Waals surface area (Å²) in [6.07, 6.45) is 5.06. The Morgan fingerprint density at radius 3 is 2.77 bits per heavy atom. The predicted molar refractivity (Wildman–Crippen MR) is 110 cm³/mol. The number of unbranched alkanes of at least 4 members (excludes halogenated alkanes) is 1. The molecule has 0 aliphatic carbocycles. The molecule has 0 fully saturated rings. The van der Waals surface area contributed by atoms with Crippen molar-refractivity contribution in [2.45, 2.75) is 26.2 Å². The summed E-state index contributed by atoms with van der Waals surface area (Å²) in [7, 11) is 0. The first-order chi connectivity index (χ1) is 12.7. The molecule has 0 spiro atoms. The quantitative estimate of drug-likeness (QED) is 0.363. The summed E-state index contributed by atoms with van der Waals surface area (Å²) >= 11 is 7.77. The summed E-state index contributed by atoms with van der Waals surface area (Å²) in [5.74, 6) is 3.19. The second-order valence-electron chi connectivity index (χ2n) is 5.66. The molecule has 0 aliphatic rings. The Balaban J connectivity index is 1.79. The highest BCUT2D eigenvalue weighted by molar-refractivity contribution is 7.98. The van der Waals surface area contributed by atoms with Crippen LogP contribution in [-0.4, -0.2) is 47.7 Å². The number of hydrogen-bond acceptors (Lipinski definition) is 5. The molecule has 0 bridgehead atoms. The molecule has 0 saturated carbocycles. The summed E-state index contributed by atoms with van der Waals surface area (Å²) in [5.41, 5.74) is 0.887. The first-order valence-electron chi connectivity index (χ1n) is 8.82. The fourth-order valence-corrected chi connectivity index (χ4v) is 2.87. The van der Waals surface area contributed by atoms with Crippen LogP contribution in [0, 0.1) is 0 Å². The lowest BCUT2D eigenvalue weighted by Gasteiger charge is -2.10. The van der Waals surface area contributed by atoms with Gasteiger partial charge in [-0.05, 0) is 56.0 Å². The Kier molecular flexibility index (Phi) is 9.34. The average Bonchev–Trinajstić information content (AvgIpc) is 3.11. The summed E-state index contributed by atoms with van der Waals surface area (Å²) in [4.78, 5) is 9.01. The number of nitrogens with one attached hydrogen (secondary N) is 2. The van der Waals surface area contributed by atoms with E-state index in [1.54, 1.807) is 0 Å². The standard InChI is InChI=1S/C18H26ClN5OS/c1-3-20-18(21-11-4-5-13-26-2)22-12-10-16-23-17(24-25-16)14-6-8-15(19)9-7-14/h6-9H,3-5,10-13H2,1-2H3,(H2,20,21,22). The smallest absolute Gasteiger partial charge is 0.228 e. The molecular formula is C18H26ClN5OS. The highest BCUT2D eigenvalue weighted by atomic mass is 35.5. The molecule has 2 N–H and O–H groups in total. The van der Waals surface area contributed by atoms with Crippen molar-refractivity contribution in [3.63, 3.8) is 0 Å². The van der Waals surface area contributed by atoms with Crippen LogP contribution in [0.25, 0.3) is 11.4 Å². The third-order valence-corrected chi connectivity index (χ3v) is 4.52. The molecule has 142 valence electrons. The zero-order valence-electron chi connectivity index (χ0n) is 15.3. The van der Waals surface area contributed by atoms with Crippen molar-refractivity contribution in [2.75, 3.05) is 31.6 Å². The summed E-state index contributed by atoms with van der Waals surface area (Å²) in [6, 6.07) is 7.38. The Bertz CT molecular complexity index is 674. The molecule has 2 rings (SSSR count). The van der Waals surface area contributed by atoms with Crippen molar-refractivity contribution in [2.24, 2.45) is 4.99 Å². The normalized spacial score (nSPS) is 11.6. The van der Waals surface area contributed by atoms with Crippen LogP contribution in [0.4, 0.5) is 0 Å². The van der Waals surface area contributed by atoms with E-state index in [2.05, 4.69) is 38.9 Å². The van der Waals surface area contributed by atoms with Gasteiger partial charge in [-0.25, -0.2) is 0 Å². The van der Waals surface area contributed by atoms with Crippen LogP contribution in [0.15, 0.2) is 33.8 Å². The average molecular weight is 396 g/mol. The Hall–Kier alpha value is -1.73. The minimum Gasteiger partial charge on any atom is -0.357 e. The molecule has 0 radical (unpaired) electrons. The molecule has 1 heterocycles. The summed E-state index contributed by atoms with van der Waals surface area (Å²) < 4.78 is 5.32. The van der Waals surface area contributed by atoms with Gasteiger partial charge in [-0.2, -0.15) is 16.7 Å². The number of benzene rings is 1. The van der Waals surface area contributed by atoms with E-state index in [-0.39, 0.29) is 0 Å². The Labute approximate surface area is 164 Å². The van der Waals surface area contributed by atoms with Gasteiger partial charge in [0.1, 0.15) is 0 Å². The predicted octanol–water partition coefficient (Wildman–Crippen LogP) is 3.63. The van der Waals surface area contributed by atoms with Gasteiger partial charge in [0.15, 0.2) is 5.96 Å². The van der Waals surface area contributed by atoms with Gasteiger partial charge in [0.2, 0.25) is 11.7 Å². The van der Waals surface area contributed by atoms with E-state index < -0.39 is 0 Å². The van der Waals surface area contributed by atoms with E-state index in [1.807, 2.05) is 36.0 Å². The third kappa shape index (κ3) is 7.25. The van der Waals surface area contributed by atoms with Crippen LogP contribution in [0.3, 0.4) is 0 Å². The highest BCUT2D eigenvalue weighted by Crippen LogP contribution is 2.18. The van der Waals surface area contributed by atoms with Crippen LogP contribution >= 0.6 is 23.4 Å². The fourth-order valence-electron chi connectivity index (χ4n) is 2.25. The number of rotatable bonds is 10. The summed E-state index contributed by atoms with van der Waals surface area (Å²) in [5, 5.41) is 11.3. The van der Waals surface area contributed by atoms with Crippen molar-refractivity contribution in [1.29, 1.82) is 0 Å². The van der Waals surface area contributed by atoms with Crippen LogP contribution < -0.4 is 10.6 Å². The van der Waals surface area contributed by atoms with Crippen molar-refractivity contribution in [3.05, 3.63) is 35.2 Å². The van der Waals surface area contributed by atoms with Crippen LogP contribution in [0.5, 0.6) is 0 Å². The second-order valence-corrected chi connectivity index (χ2v) is 7.08. The molecule has 0 unspecified atom stereocenters. The first-order valence-corrected chi connectivity index (χ1v) is 10.6. The van der Waals surface area contributed by atoms with Crippen molar-refractivity contribution >= 4 is 29.3 Å². The van der Waals surface area contributed by atoms with Gasteiger partial charge in [-0.1, -0.05) is 16.8 Å². The van der Waals surface area contributed by atoms with E-state index >= 15 is 0 Å². The molecule has 1 aromatic carbocycles.